The fourth-order valence-corrected chi connectivity index (χ4v) is 0.757. The summed E-state index contributed by atoms with van der Waals surface area (Å²) in [6.07, 6.45) is 0. The maximum atomic E-state index is 8.97. The minimum atomic E-state index is -0.894. The summed E-state index contributed by atoms with van der Waals surface area (Å²) in [5, 5.41) is 17.9. The van der Waals surface area contributed by atoms with Gasteiger partial charge in [-0.25, -0.2) is 0 Å². The Morgan fingerprint density at radius 2 is 1.38 bits per heavy atom. The molecule has 0 saturated carbocycles. The Bertz CT molecular complexity index is 259. The van der Waals surface area contributed by atoms with E-state index < -0.39 is 11.2 Å². The highest BCUT2D eigenvalue weighted by Gasteiger charge is 2.04. The van der Waals surface area contributed by atoms with Gasteiger partial charge in [0, 0.05) is 0 Å². The smallest absolute Gasteiger partial charge is 0.120 e. The molecule has 0 amide bonds. The highest BCUT2D eigenvalue weighted by atomic mass is 127. The SMILES string of the molecule is CC(C)(O)C#CCCl.CC(C)(O)C#CCI. The van der Waals surface area contributed by atoms with Crippen molar-refractivity contribution in [3.63, 3.8) is 0 Å². The van der Waals surface area contributed by atoms with E-state index in [0.29, 0.717) is 0 Å². The predicted octanol–water partition coefficient (Wildman–Crippen LogP) is 2.20. The Balaban J connectivity index is 0. The highest BCUT2D eigenvalue weighted by Crippen LogP contribution is 1.96. The largest absolute Gasteiger partial charge is 0.378 e. The lowest BCUT2D eigenvalue weighted by molar-refractivity contribution is 0.143. The quantitative estimate of drug-likeness (QED) is 0.397. The van der Waals surface area contributed by atoms with Crippen molar-refractivity contribution in [2.75, 3.05) is 10.3 Å². The van der Waals surface area contributed by atoms with Gasteiger partial charge in [0.2, 0.25) is 0 Å². The average molecular weight is 357 g/mol. The Morgan fingerprint density at radius 3 is 1.50 bits per heavy atom. The predicted molar refractivity (Wildman–Crippen MR) is 77.8 cm³/mol. The number of halogens is 2. The second-order valence-electron chi connectivity index (χ2n) is 3.99. The first-order valence-electron chi connectivity index (χ1n) is 4.69. The van der Waals surface area contributed by atoms with E-state index in [4.69, 9.17) is 21.8 Å². The van der Waals surface area contributed by atoms with Gasteiger partial charge in [-0.05, 0) is 27.7 Å². The van der Waals surface area contributed by atoms with Gasteiger partial charge in [-0.15, -0.1) is 11.6 Å². The van der Waals surface area contributed by atoms with Gasteiger partial charge in [-0.3, -0.25) is 0 Å². The van der Waals surface area contributed by atoms with E-state index in [1.54, 1.807) is 27.7 Å². The van der Waals surface area contributed by atoms with Gasteiger partial charge in [0.1, 0.15) is 11.2 Å². The first-order chi connectivity index (χ1) is 7.12. The van der Waals surface area contributed by atoms with Crippen LogP contribution in [0.15, 0.2) is 0 Å². The molecule has 2 N–H and O–H groups in total. The maximum Gasteiger partial charge on any atom is 0.120 e. The zero-order valence-electron chi connectivity index (χ0n) is 10.1. The molecular weight excluding hydrogens is 338 g/mol. The number of hydrogen-bond acceptors (Lipinski definition) is 2. The lowest BCUT2D eigenvalue weighted by atomic mass is 10.1. The van der Waals surface area contributed by atoms with E-state index in [-0.39, 0.29) is 5.88 Å². The summed E-state index contributed by atoms with van der Waals surface area (Å²) >= 11 is 7.37. The van der Waals surface area contributed by atoms with Crippen LogP contribution < -0.4 is 0 Å². The molecule has 0 spiro atoms. The molecular formula is C12H18ClIO2. The van der Waals surface area contributed by atoms with Crippen LogP contribution in [0.25, 0.3) is 0 Å². The molecule has 0 aliphatic carbocycles. The summed E-state index contributed by atoms with van der Waals surface area (Å²) in [4.78, 5) is 0. The average Bonchev–Trinajstić information content (AvgIpc) is 2.10. The summed E-state index contributed by atoms with van der Waals surface area (Å²) in [5.41, 5.74) is -1.71. The van der Waals surface area contributed by atoms with E-state index in [1.807, 2.05) is 0 Å². The van der Waals surface area contributed by atoms with Crippen LogP contribution in [0, 0.1) is 23.7 Å². The molecule has 4 heteroatoms. The lowest BCUT2D eigenvalue weighted by Crippen LogP contribution is -2.14. The van der Waals surface area contributed by atoms with Gasteiger partial charge in [-0.1, -0.05) is 46.3 Å². The van der Waals surface area contributed by atoms with Crippen molar-refractivity contribution in [3.05, 3.63) is 0 Å². The monoisotopic (exact) mass is 356 g/mol. The minimum absolute atomic E-state index is 0.282. The Labute approximate surface area is 117 Å². The molecule has 0 radical (unpaired) electrons. The molecule has 0 aromatic carbocycles. The maximum absolute atomic E-state index is 8.97. The molecule has 0 bridgehead atoms. The summed E-state index contributed by atoms with van der Waals surface area (Å²) in [6, 6.07) is 0. The van der Waals surface area contributed by atoms with Crippen molar-refractivity contribution < 1.29 is 10.2 Å². The first kappa shape index (κ1) is 18.4. The molecule has 0 heterocycles. The molecule has 0 saturated heterocycles. The van der Waals surface area contributed by atoms with Crippen molar-refractivity contribution in [2.24, 2.45) is 0 Å². The third-order valence-corrected chi connectivity index (χ3v) is 1.44. The third kappa shape index (κ3) is 23.7. The van der Waals surface area contributed by atoms with Gasteiger partial charge in [0.25, 0.3) is 0 Å². The van der Waals surface area contributed by atoms with Gasteiger partial charge >= 0.3 is 0 Å². The summed E-state index contributed by atoms with van der Waals surface area (Å²) < 4.78 is 0.780. The van der Waals surface area contributed by atoms with E-state index in [1.165, 1.54) is 0 Å². The Morgan fingerprint density at radius 1 is 1.00 bits per heavy atom. The zero-order valence-corrected chi connectivity index (χ0v) is 13.0. The third-order valence-electron chi connectivity index (χ3n) is 0.922. The number of hydrogen-bond donors (Lipinski definition) is 2. The van der Waals surface area contributed by atoms with Crippen molar-refractivity contribution >= 4 is 34.2 Å². The fourth-order valence-electron chi connectivity index (χ4n) is 0.499. The molecule has 0 aliphatic heterocycles. The normalized spacial score (nSPS) is 10.0. The second kappa shape index (κ2) is 9.13. The standard InChI is InChI=1S/C6H9ClO.C6H9IO/c2*1-6(2,8)4-3-5-7/h2*8H,5H2,1-2H3. The van der Waals surface area contributed by atoms with E-state index in [2.05, 4.69) is 46.3 Å². The molecule has 0 aromatic rings. The van der Waals surface area contributed by atoms with E-state index in [9.17, 15) is 0 Å². The molecule has 0 unspecified atom stereocenters. The van der Waals surface area contributed by atoms with Crippen LogP contribution in [0.2, 0.25) is 0 Å². The van der Waals surface area contributed by atoms with Gasteiger partial charge in [-0.2, -0.15) is 0 Å². The Kier molecular flexibility index (Phi) is 10.5. The molecule has 0 aliphatic rings. The van der Waals surface area contributed by atoms with Crippen LogP contribution in [0.1, 0.15) is 27.7 Å². The zero-order chi connectivity index (χ0) is 13.2. The Hall–Kier alpha value is 0.0600. The van der Waals surface area contributed by atoms with Crippen molar-refractivity contribution in [1.29, 1.82) is 0 Å². The lowest BCUT2D eigenvalue weighted by Gasteiger charge is -2.05. The molecule has 16 heavy (non-hydrogen) atoms. The fraction of sp³-hybridized carbons (Fsp3) is 0.667. The summed E-state index contributed by atoms with van der Waals surface area (Å²) in [6.45, 7) is 6.58. The topological polar surface area (TPSA) is 40.5 Å². The van der Waals surface area contributed by atoms with Crippen LogP contribution >= 0.6 is 34.2 Å². The van der Waals surface area contributed by atoms with Crippen LogP contribution in [0.4, 0.5) is 0 Å². The van der Waals surface area contributed by atoms with Crippen molar-refractivity contribution in [2.45, 2.75) is 38.9 Å². The molecule has 0 rings (SSSR count). The molecule has 0 atom stereocenters. The van der Waals surface area contributed by atoms with Gasteiger partial charge in [0.15, 0.2) is 0 Å². The molecule has 2 nitrogen and oxygen atoms in total. The van der Waals surface area contributed by atoms with E-state index in [0.717, 1.165) is 4.43 Å². The number of rotatable bonds is 0. The van der Waals surface area contributed by atoms with Crippen molar-refractivity contribution in [1.82, 2.24) is 0 Å². The molecule has 0 aromatic heterocycles. The van der Waals surface area contributed by atoms with Crippen molar-refractivity contribution in [3.8, 4) is 23.7 Å². The van der Waals surface area contributed by atoms with Gasteiger partial charge in [0.05, 0.1) is 10.3 Å². The number of aliphatic hydroxyl groups is 2. The summed E-state index contributed by atoms with van der Waals surface area (Å²) in [7, 11) is 0. The van der Waals surface area contributed by atoms with Crippen LogP contribution in [0.5, 0.6) is 0 Å². The van der Waals surface area contributed by atoms with Crippen LogP contribution in [0.3, 0.4) is 0 Å². The summed E-state index contributed by atoms with van der Waals surface area (Å²) in [5.74, 6) is 10.8. The van der Waals surface area contributed by atoms with Crippen LogP contribution in [-0.2, 0) is 0 Å². The van der Waals surface area contributed by atoms with Gasteiger partial charge < -0.3 is 10.2 Å². The highest BCUT2D eigenvalue weighted by molar-refractivity contribution is 14.1. The van der Waals surface area contributed by atoms with E-state index >= 15 is 0 Å². The first-order valence-corrected chi connectivity index (χ1v) is 6.75. The van der Waals surface area contributed by atoms with Crippen LogP contribution in [-0.4, -0.2) is 31.7 Å². The molecule has 92 valence electrons. The number of alkyl halides is 2. The molecule has 0 fully saturated rings. The minimum Gasteiger partial charge on any atom is -0.378 e. The second-order valence-corrected chi connectivity index (χ2v) is 5.02.